The zero-order chi connectivity index (χ0) is 68.0. The number of hydrogen-bond donors (Lipinski definition) is 3. The zero-order valence-electron chi connectivity index (χ0n) is 60.0. The summed E-state index contributed by atoms with van der Waals surface area (Å²) in [5.41, 5.74) is 0. The number of ether oxygens (including phenoxy) is 4. The third-order valence-corrected chi connectivity index (χ3v) is 19.1. The third kappa shape index (κ3) is 65.4. The molecule has 0 aromatic carbocycles. The summed E-state index contributed by atoms with van der Waals surface area (Å²) in [6.45, 7) is 11.9. The highest BCUT2D eigenvalue weighted by atomic mass is 31.2. The van der Waals surface area contributed by atoms with Gasteiger partial charge in [0.1, 0.15) is 19.3 Å². The molecule has 0 aliphatic carbocycles. The fourth-order valence-electron chi connectivity index (χ4n) is 11.0. The van der Waals surface area contributed by atoms with Crippen molar-refractivity contribution < 1.29 is 80.2 Å². The molecule has 0 radical (unpaired) electrons. The highest BCUT2D eigenvalue weighted by molar-refractivity contribution is 7.47. The molecule has 6 atom stereocenters. The molecule has 0 spiro atoms. The number of carbonyl (C=O) groups excluding carboxylic acids is 4. The van der Waals surface area contributed by atoms with E-state index in [0.29, 0.717) is 25.7 Å². The van der Waals surface area contributed by atoms with Gasteiger partial charge in [-0.2, -0.15) is 0 Å². The van der Waals surface area contributed by atoms with Crippen LogP contribution in [0.3, 0.4) is 0 Å². The van der Waals surface area contributed by atoms with Gasteiger partial charge >= 0.3 is 39.5 Å². The Morgan fingerprint density at radius 2 is 0.554 bits per heavy atom. The van der Waals surface area contributed by atoms with E-state index in [-0.39, 0.29) is 25.7 Å². The molecule has 0 saturated heterocycles. The van der Waals surface area contributed by atoms with Crippen LogP contribution in [0.25, 0.3) is 0 Å². The standard InChI is InChI=1S/C73H142O17P2/c1-8-10-11-12-13-14-15-16-17-18-26-33-40-47-54-70(75)83-60-68(89-72(77)56-49-42-35-27-20-19-25-32-39-46-53-66(7)9-2)62-87-91(79,80)85-58-67(74)59-86-92(81,82)88-63-69(90-73(78)57-50-43-36-29-22-24-31-38-45-52-65(5)6)61-84-71(76)55-48-41-34-28-21-23-30-37-44-51-64(3)4/h64-69,74H,8-63H2,1-7H3,(H,79,80)(H,81,82)/t66?,67-,68-,69-/m1/s1. The van der Waals surface area contributed by atoms with Crippen LogP contribution >= 0.6 is 15.6 Å². The Labute approximate surface area is 562 Å². The normalized spacial score (nSPS) is 14.4. The van der Waals surface area contributed by atoms with E-state index < -0.39 is 97.5 Å². The first-order chi connectivity index (χ1) is 44.3. The van der Waals surface area contributed by atoms with E-state index in [1.54, 1.807) is 0 Å². The predicted octanol–water partition coefficient (Wildman–Crippen LogP) is 21.0. The fraction of sp³-hybridized carbons (Fsp3) is 0.945. The number of aliphatic hydroxyl groups excluding tert-OH is 1. The number of phosphoric ester groups is 2. The molecule has 3 unspecified atom stereocenters. The Balaban J connectivity index is 5.27. The van der Waals surface area contributed by atoms with Gasteiger partial charge in [0, 0.05) is 25.7 Å². The topological polar surface area (TPSA) is 237 Å². The molecule has 0 heterocycles. The van der Waals surface area contributed by atoms with Gasteiger partial charge in [0.25, 0.3) is 0 Å². The largest absolute Gasteiger partial charge is 0.472 e. The van der Waals surface area contributed by atoms with Crippen LogP contribution in [-0.4, -0.2) is 96.7 Å². The fourth-order valence-corrected chi connectivity index (χ4v) is 12.6. The molecule has 0 aliphatic heterocycles. The molecule has 0 aromatic rings. The minimum atomic E-state index is -4.95. The van der Waals surface area contributed by atoms with Gasteiger partial charge in [0.2, 0.25) is 0 Å². The summed E-state index contributed by atoms with van der Waals surface area (Å²) in [6, 6.07) is 0. The maximum absolute atomic E-state index is 13.1. The molecule has 92 heavy (non-hydrogen) atoms. The SMILES string of the molecule is CCCCCCCCCCCCCCCCC(=O)OC[C@H](COP(=O)(O)OC[C@@H](O)COP(=O)(O)OC[C@@H](COC(=O)CCCCCCCCCCCC(C)C)OC(=O)CCCCCCCCCCCC(C)C)OC(=O)CCCCCCCCCCCCC(C)CC. The summed E-state index contributed by atoms with van der Waals surface area (Å²) in [5, 5.41) is 10.6. The molecule has 19 heteroatoms. The van der Waals surface area contributed by atoms with Crippen LogP contribution in [0, 0.1) is 17.8 Å². The highest BCUT2D eigenvalue weighted by Crippen LogP contribution is 2.45. The smallest absolute Gasteiger partial charge is 0.462 e. The maximum Gasteiger partial charge on any atom is 0.472 e. The summed E-state index contributed by atoms with van der Waals surface area (Å²) in [4.78, 5) is 72.7. The molecule has 0 fully saturated rings. The lowest BCUT2D eigenvalue weighted by Crippen LogP contribution is -2.30. The van der Waals surface area contributed by atoms with Gasteiger partial charge in [-0.15, -0.1) is 0 Å². The van der Waals surface area contributed by atoms with Crippen LogP contribution < -0.4 is 0 Å². The van der Waals surface area contributed by atoms with Crippen molar-refractivity contribution in [3.63, 3.8) is 0 Å². The van der Waals surface area contributed by atoms with E-state index in [9.17, 15) is 43.2 Å². The van der Waals surface area contributed by atoms with E-state index in [2.05, 4.69) is 48.5 Å². The van der Waals surface area contributed by atoms with Crippen molar-refractivity contribution >= 4 is 39.5 Å². The molecule has 0 bridgehead atoms. The summed E-state index contributed by atoms with van der Waals surface area (Å²) < 4.78 is 68.4. The number of aliphatic hydroxyl groups is 1. The molecule has 3 N–H and O–H groups in total. The Morgan fingerprint density at radius 3 is 0.826 bits per heavy atom. The van der Waals surface area contributed by atoms with Crippen LogP contribution in [0.1, 0.15) is 370 Å². The van der Waals surface area contributed by atoms with Crippen molar-refractivity contribution in [3.8, 4) is 0 Å². The number of carbonyl (C=O) groups is 4. The van der Waals surface area contributed by atoms with Crippen LogP contribution in [-0.2, 0) is 65.4 Å². The van der Waals surface area contributed by atoms with Gasteiger partial charge in [-0.3, -0.25) is 37.3 Å². The van der Waals surface area contributed by atoms with Crippen LogP contribution in [0.2, 0.25) is 0 Å². The number of esters is 4. The van der Waals surface area contributed by atoms with Crippen LogP contribution in [0.5, 0.6) is 0 Å². The summed E-state index contributed by atoms with van der Waals surface area (Å²) in [5.74, 6) is 0.162. The highest BCUT2D eigenvalue weighted by Gasteiger charge is 2.30. The Bertz CT molecular complexity index is 1800. The Hall–Kier alpha value is -1.94. The van der Waals surface area contributed by atoms with Crippen molar-refractivity contribution in [3.05, 3.63) is 0 Å². The van der Waals surface area contributed by atoms with E-state index >= 15 is 0 Å². The van der Waals surface area contributed by atoms with E-state index in [1.807, 2.05) is 0 Å². The number of phosphoric acid groups is 2. The molecule has 0 aliphatic rings. The van der Waals surface area contributed by atoms with Gasteiger partial charge in [0.05, 0.1) is 26.4 Å². The lowest BCUT2D eigenvalue weighted by molar-refractivity contribution is -0.161. The quantitative estimate of drug-likeness (QED) is 0.0222. The summed E-state index contributed by atoms with van der Waals surface area (Å²) >= 11 is 0. The Morgan fingerprint density at radius 1 is 0.315 bits per heavy atom. The molecule has 0 rings (SSSR count). The van der Waals surface area contributed by atoms with Crippen molar-refractivity contribution in [2.24, 2.45) is 17.8 Å². The zero-order valence-corrected chi connectivity index (χ0v) is 61.8. The second-order valence-corrected chi connectivity index (χ2v) is 30.4. The number of rotatable bonds is 71. The second-order valence-electron chi connectivity index (χ2n) is 27.5. The number of unbranched alkanes of at least 4 members (excludes halogenated alkanes) is 38. The van der Waals surface area contributed by atoms with Crippen molar-refractivity contribution in [1.29, 1.82) is 0 Å². The molecule has 0 saturated carbocycles. The lowest BCUT2D eigenvalue weighted by Gasteiger charge is -2.21. The van der Waals surface area contributed by atoms with Crippen molar-refractivity contribution in [1.82, 2.24) is 0 Å². The van der Waals surface area contributed by atoms with Gasteiger partial charge in [-0.25, -0.2) is 9.13 Å². The minimum absolute atomic E-state index is 0.105. The van der Waals surface area contributed by atoms with Gasteiger partial charge in [-0.05, 0) is 43.4 Å². The van der Waals surface area contributed by atoms with Crippen molar-refractivity contribution in [2.75, 3.05) is 39.6 Å². The van der Waals surface area contributed by atoms with Crippen LogP contribution in [0.4, 0.5) is 0 Å². The third-order valence-electron chi connectivity index (χ3n) is 17.2. The molecular formula is C73H142O17P2. The molecular weight excluding hydrogens is 1210 g/mol. The summed E-state index contributed by atoms with van der Waals surface area (Å²) in [6.07, 6.45) is 48.4. The minimum Gasteiger partial charge on any atom is -0.462 e. The molecule has 546 valence electrons. The van der Waals surface area contributed by atoms with E-state index in [1.165, 1.54) is 180 Å². The predicted molar refractivity (Wildman–Crippen MR) is 372 cm³/mol. The molecule has 0 aromatic heterocycles. The first-order valence-corrected chi connectivity index (χ1v) is 40.9. The van der Waals surface area contributed by atoms with Gasteiger partial charge < -0.3 is 33.8 Å². The maximum atomic E-state index is 13.1. The van der Waals surface area contributed by atoms with Gasteiger partial charge in [0.15, 0.2) is 12.2 Å². The van der Waals surface area contributed by atoms with Crippen LogP contribution in [0.15, 0.2) is 0 Å². The average molecular weight is 1350 g/mol. The molecule has 0 amide bonds. The van der Waals surface area contributed by atoms with E-state index in [4.69, 9.17) is 37.0 Å². The lowest BCUT2D eigenvalue weighted by atomic mass is 9.99. The van der Waals surface area contributed by atoms with E-state index in [0.717, 1.165) is 108 Å². The second kappa shape index (κ2) is 63.8. The Kier molecular flexibility index (Phi) is 62.4. The number of hydrogen-bond acceptors (Lipinski definition) is 15. The average Bonchev–Trinajstić information content (AvgIpc) is 1.85. The van der Waals surface area contributed by atoms with Crippen molar-refractivity contribution in [2.45, 2.75) is 388 Å². The van der Waals surface area contributed by atoms with Gasteiger partial charge in [-0.1, -0.05) is 318 Å². The first-order valence-electron chi connectivity index (χ1n) is 37.9. The molecule has 17 nitrogen and oxygen atoms in total. The summed E-state index contributed by atoms with van der Waals surface area (Å²) in [7, 11) is -9.91. The first kappa shape index (κ1) is 90.1. The monoisotopic (exact) mass is 1350 g/mol.